The zero-order chi connectivity index (χ0) is 19.8. The minimum Gasteiger partial charge on any atom is -0.497 e. The summed E-state index contributed by atoms with van der Waals surface area (Å²) < 4.78 is 18.9. The lowest BCUT2D eigenvalue weighted by Crippen LogP contribution is -2.20. The van der Waals surface area contributed by atoms with Crippen LogP contribution in [0.4, 0.5) is 0 Å². The van der Waals surface area contributed by atoms with Crippen molar-refractivity contribution in [1.82, 2.24) is 19.7 Å². The Balaban J connectivity index is 1.40. The van der Waals surface area contributed by atoms with Crippen LogP contribution in [0.15, 0.2) is 59.4 Å². The van der Waals surface area contributed by atoms with Crippen LogP contribution in [-0.4, -0.2) is 26.8 Å². The molecule has 0 saturated carbocycles. The summed E-state index contributed by atoms with van der Waals surface area (Å²) >= 11 is 0. The second-order valence-electron chi connectivity index (χ2n) is 7.00. The minimum atomic E-state index is -0.0410. The first-order valence-corrected chi connectivity index (χ1v) is 9.42. The van der Waals surface area contributed by atoms with Crippen LogP contribution in [0.5, 0.6) is 5.75 Å². The number of hydrogen-bond donors (Lipinski definition) is 0. The summed E-state index contributed by atoms with van der Waals surface area (Å²) in [4.78, 5) is 9.08. The summed E-state index contributed by atoms with van der Waals surface area (Å²) in [6.07, 6.45) is 1.77. The summed E-state index contributed by atoms with van der Waals surface area (Å²) in [5, 5.41) is 4.14. The van der Waals surface area contributed by atoms with Gasteiger partial charge in [0.25, 0.3) is 5.89 Å². The van der Waals surface area contributed by atoms with Gasteiger partial charge in [-0.2, -0.15) is 4.98 Å². The monoisotopic (exact) mass is 388 g/mol. The van der Waals surface area contributed by atoms with Gasteiger partial charge in [-0.1, -0.05) is 41.6 Å². The Labute approximate surface area is 167 Å². The Hall–Kier alpha value is -3.45. The largest absolute Gasteiger partial charge is 0.497 e. The van der Waals surface area contributed by atoms with E-state index in [1.165, 1.54) is 0 Å². The third-order valence-corrected chi connectivity index (χ3v) is 5.23. The maximum absolute atomic E-state index is 6.10. The third kappa shape index (κ3) is 3.19. The highest BCUT2D eigenvalue weighted by molar-refractivity contribution is 5.62. The molecular weight excluding hydrogens is 368 g/mol. The van der Waals surface area contributed by atoms with Crippen LogP contribution in [0.1, 0.15) is 22.9 Å². The van der Waals surface area contributed by atoms with Gasteiger partial charge < -0.3 is 18.6 Å². The summed E-state index contributed by atoms with van der Waals surface area (Å²) in [5.41, 5.74) is 4.76. The molecule has 1 aliphatic heterocycles. The van der Waals surface area contributed by atoms with E-state index in [1.54, 1.807) is 13.4 Å². The first kappa shape index (κ1) is 17.6. The van der Waals surface area contributed by atoms with Crippen molar-refractivity contribution in [2.75, 3.05) is 7.11 Å². The second kappa shape index (κ2) is 7.18. The molecule has 0 unspecified atom stereocenters. The van der Waals surface area contributed by atoms with Crippen molar-refractivity contribution in [3.63, 3.8) is 0 Å². The number of nitrogens with zero attached hydrogens (tertiary/aromatic N) is 4. The fourth-order valence-electron chi connectivity index (χ4n) is 3.58. The van der Waals surface area contributed by atoms with E-state index in [-0.39, 0.29) is 6.10 Å². The molecule has 0 spiro atoms. The van der Waals surface area contributed by atoms with Crippen LogP contribution >= 0.6 is 0 Å². The van der Waals surface area contributed by atoms with E-state index in [2.05, 4.69) is 19.7 Å². The first-order valence-electron chi connectivity index (χ1n) is 9.42. The summed E-state index contributed by atoms with van der Waals surface area (Å²) in [6.45, 7) is 3.12. The van der Waals surface area contributed by atoms with Crippen molar-refractivity contribution in [3.05, 3.63) is 71.7 Å². The van der Waals surface area contributed by atoms with Crippen molar-refractivity contribution < 1.29 is 14.0 Å². The summed E-state index contributed by atoms with van der Waals surface area (Å²) in [6, 6.07) is 15.9. The highest BCUT2D eigenvalue weighted by Crippen LogP contribution is 2.32. The van der Waals surface area contributed by atoms with E-state index in [1.807, 2.05) is 55.5 Å². The average molecular weight is 388 g/mol. The van der Waals surface area contributed by atoms with E-state index in [9.17, 15) is 0 Å². The molecule has 2 aromatic carbocycles. The molecule has 29 heavy (non-hydrogen) atoms. The SMILES string of the molecule is COc1ccc([C@H]2Cn3cnc(-c4nc(-c5ccccc5C)no4)c3CO2)cc1. The molecule has 0 saturated heterocycles. The van der Waals surface area contributed by atoms with Crippen molar-refractivity contribution in [2.24, 2.45) is 0 Å². The molecule has 7 heteroatoms. The van der Waals surface area contributed by atoms with Crippen LogP contribution in [0.25, 0.3) is 23.0 Å². The zero-order valence-electron chi connectivity index (χ0n) is 16.2. The fourth-order valence-corrected chi connectivity index (χ4v) is 3.58. The van der Waals surface area contributed by atoms with E-state index in [0.29, 0.717) is 30.6 Å². The molecule has 4 aromatic rings. The Kier molecular flexibility index (Phi) is 4.37. The molecule has 0 bridgehead atoms. The van der Waals surface area contributed by atoms with E-state index in [4.69, 9.17) is 14.0 Å². The van der Waals surface area contributed by atoms with Crippen LogP contribution in [-0.2, 0) is 17.9 Å². The zero-order valence-corrected chi connectivity index (χ0v) is 16.2. The number of aromatic nitrogens is 4. The average Bonchev–Trinajstić information content (AvgIpc) is 3.40. The molecule has 146 valence electrons. The number of aryl methyl sites for hydroxylation is 1. The lowest BCUT2D eigenvalue weighted by molar-refractivity contribution is 0.00328. The van der Waals surface area contributed by atoms with Crippen molar-refractivity contribution in [3.8, 4) is 28.7 Å². The molecule has 7 nitrogen and oxygen atoms in total. The van der Waals surface area contributed by atoms with Gasteiger partial charge in [0.05, 0.1) is 32.3 Å². The van der Waals surface area contributed by atoms with E-state index >= 15 is 0 Å². The molecule has 3 heterocycles. The maximum atomic E-state index is 6.10. The van der Waals surface area contributed by atoms with Gasteiger partial charge in [0, 0.05) is 5.56 Å². The van der Waals surface area contributed by atoms with Crippen molar-refractivity contribution >= 4 is 0 Å². The molecular formula is C22H20N4O3. The maximum Gasteiger partial charge on any atom is 0.278 e. The van der Waals surface area contributed by atoms with Crippen molar-refractivity contribution in [1.29, 1.82) is 0 Å². The van der Waals surface area contributed by atoms with Crippen LogP contribution in [0.2, 0.25) is 0 Å². The number of methoxy groups -OCH3 is 1. The van der Waals surface area contributed by atoms with Gasteiger partial charge in [-0.15, -0.1) is 0 Å². The third-order valence-electron chi connectivity index (χ3n) is 5.23. The summed E-state index contributed by atoms with van der Waals surface area (Å²) in [7, 11) is 1.66. The van der Waals surface area contributed by atoms with Gasteiger partial charge in [0.15, 0.2) is 5.69 Å². The summed E-state index contributed by atoms with van der Waals surface area (Å²) in [5.74, 6) is 1.80. The topological polar surface area (TPSA) is 75.2 Å². The molecule has 1 aliphatic rings. The Morgan fingerprint density at radius 2 is 1.93 bits per heavy atom. The van der Waals surface area contributed by atoms with Gasteiger partial charge in [-0.05, 0) is 30.2 Å². The smallest absolute Gasteiger partial charge is 0.278 e. The van der Waals surface area contributed by atoms with E-state index in [0.717, 1.165) is 28.1 Å². The lowest BCUT2D eigenvalue weighted by Gasteiger charge is -2.25. The predicted molar refractivity (Wildman–Crippen MR) is 106 cm³/mol. The highest BCUT2D eigenvalue weighted by atomic mass is 16.5. The Morgan fingerprint density at radius 3 is 2.72 bits per heavy atom. The fraction of sp³-hybridized carbons (Fsp3) is 0.227. The predicted octanol–water partition coefficient (Wildman–Crippen LogP) is 4.19. The number of fused-ring (bicyclic) bond motifs is 1. The van der Waals surface area contributed by atoms with Gasteiger partial charge in [0.1, 0.15) is 11.9 Å². The molecule has 2 aromatic heterocycles. The second-order valence-corrected chi connectivity index (χ2v) is 7.00. The highest BCUT2D eigenvalue weighted by Gasteiger charge is 2.26. The first-order chi connectivity index (χ1) is 14.2. The molecule has 1 atom stereocenters. The van der Waals surface area contributed by atoms with E-state index < -0.39 is 0 Å². The van der Waals surface area contributed by atoms with Gasteiger partial charge in [-0.3, -0.25) is 0 Å². The normalized spacial score (nSPS) is 15.9. The molecule has 0 fully saturated rings. The van der Waals surface area contributed by atoms with Gasteiger partial charge in [0.2, 0.25) is 5.82 Å². The Morgan fingerprint density at radius 1 is 1.10 bits per heavy atom. The minimum absolute atomic E-state index is 0.0410. The molecule has 0 amide bonds. The molecule has 5 rings (SSSR count). The van der Waals surface area contributed by atoms with Crippen molar-refractivity contribution in [2.45, 2.75) is 26.2 Å². The lowest BCUT2D eigenvalue weighted by atomic mass is 10.1. The molecule has 0 aliphatic carbocycles. The van der Waals surface area contributed by atoms with Crippen LogP contribution in [0.3, 0.4) is 0 Å². The van der Waals surface area contributed by atoms with Crippen LogP contribution in [0, 0.1) is 6.92 Å². The molecule has 0 N–H and O–H groups in total. The van der Waals surface area contributed by atoms with Crippen LogP contribution < -0.4 is 4.74 Å². The molecule has 0 radical (unpaired) electrons. The number of ether oxygens (including phenoxy) is 2. The standard InChI is InChI=1S/C22H20N4O3/c1-14-5-3-4-6-17(14)21-24-22(29-25-21)20-18-12-28-19(11-26(18)13-23-20)15-7-9-16(27-2)10-8-15/h3-10,13,19H,11-12H2,1-2H3/t19-/m1/s1. The Bertz CT molecular complexity index is 1150. The number of hydrogen-bond acceptors (Lipinski definition) is 6. The number of benzene rings is 2. The van der Waals surface area contributed by atoms with Gasteiger partial charge in [-0.25, -0.2) is 4.98 Å². The number of imidazole rings is 1. The van der Waals surface area contributed by atoms with Gasteiger partial charge >= 0.3 is 0 Å². The quantitative estimate of drug-likeness (QED) is 0.522. The number of rotatable bonds is 4.